The highest BCUT2D eigenvalue weighted by atomic mass is 35.5. The third kappa shape index (κ3) is 4.20. The molecular weight excluding hydrogens is 415 g/mol. The molecule has 136 valence electrons. The second kappa shape index (κ2) is 8.39. The van der Waals surface area contributed by atoms with Crippen LogP contribution in [0, 0.1) is 6.92 Å². The lowest BCUT2D eigenvalue weighted by molar-refractivity contribution is 0.102. The van der Waals surface area contributed by atoms with Gasteiger partial charge >= 0.3 is 0 Å². The van der Waals surface area contributed by atoms with Gasteiger partial charge in [0.2, 0.25) is 5.13 Å². The zero-order valence-electron chi connectivity index (χ0n) is 13.9. The van der Waals surface area contributed by atoms with Gasteiger partial charge in [-0.3, -0.25) is 10.1 Å². The average molecular weight is 429 g/mol. The van der Waals surface area contributed by atoms with Crippen molar-refractivity contribution in [1.82, 2.24) is 15.4 Å². The molecule has 0 spiro atoms. The highest BCUT2D eigenvalue weighted by Crippen LogP contribution is 2.33. The maximum absolute atomic E-state index is 12.4. The molecular formula is C16H14Cl2N4O2S2. The van der Waals surface area contributed by atoms with Crippen LogP contribution in [0.4, 0.5) is 5.13 Å². The largest absolute Gasteiger partial charge is 0.360 e. The number of benzene rings is 1. The van der Waals surface area contributed by atoms with Gasteiger partial charge in [-0.1, -0.05) is 64.4 Å². The molecule has 1 aromatic carbocycles. The fraction of sp³-hybridized carbons (Fsp3) is 0.250. The second-order valence-electron chi connectivity index (χ2n) is 5.24. The van der Waals surface area contributed by atoms with Crippen molar-refractivity contribution >= 4 is 57.3 Å². The van der Waals surface area contributed by atoms with E-state index in [1.165, 1.54) is 23.1 Å². The molecule has 0 fully saturated rings. The van der Waals surface area contributed by atoms with Gasteiger partial charge in [0.1, 0.15) is 11.3 Å². The van der Waals surface area contributed by atoms with Gasteiger partial charge in [0.25, 0.3) is 5.91 Å². The third-order valence-electron chi connectivity index (χ3n) is 3.51. The predicted molar refractivity (Wildman–Crippen MR) is 105 cm³/mol. The Hall–Kier alpha value is -1.61. The van der Waals surface area contributed by atoms with Crippen LogP contribution < -0.4 is 5.32 Å². The standard InChI is InChI=1S/C16H14Cl2N4O2S2/c1-3-12-13(8(2)22-24-12)14(23)19-15-20-21-16(26-15)25-7-9-10(17)5-4-6-11(9)18/h4-6H,3,7H2,1-2H3,(H,19,20,23). The van der Waals surface area contributed by atoms with E-state index in [9.17, 15) is 4.79 Å². The zero-order chi connectivity index (χ0) is 18.7. The van der Waals surface area contributed by atoms with Crippen LogP contribution in [-0.2, 0) is 12.2 Å². The first-order valence-electron chi connectivity index (χ1n) is 7.65. The molecule has 10 heteroatoms. The molecule has 0 radical (unpaired) electrons. The number of carbonyl (C=O) groups is 1. The molecule has 2 heterocycles. The summed E-state index contributed by atoms with van der Waals surface area (Å²) in [5, 5.41) is 16.3. The fourth-order valence-corrected chi connectivity index (χ4v) is 4.72. The van der Waals surface area contributed by atoms with Crippen molar-refractivity contribution in [3.63, 3.8) is 0 Å². The van der Waals surface area contributed by atoms with Crippen molar-refractivity contribution in [3.8, 4) is 0 Å². The molecule has 1 amide bonds. The van der Waals surface area contributed by atoms with Crippen molar-refractivity contribution in [3.05, 3.63) is 50.8 Å². The lowest BCUT2D eigenvalue weighted by Crippen LogP contribution is -2.14. The van der Waals surface area contributed by atoms with Crippen LogP contribution in [0.2, 0.25) is 10.0 Å². The summed E-state index contributed by atoms with van der Waals surface area (Å²) in [5.41, 5.74) is 1.83. The van der Waals surface area contributed by atoms with Crippen LogP contribution in [0.1, 0.15) is 34.3 Å². The van der Waals surface area contributed by atoms with Crippen LogP contribution in [0.15, 0.2) is 27.1 Å². The Kier molecular flexibility index (Phi) is 6.18. The quantitative estimate of drug-likeness (QED) is 0.426. The number of aromatic nitrogens is 3. The number of hydrogen-bond acceptors (Lipinski definition) is 7. The van der Waals surface area contributed by atoms with Crippen molar-refractivity contribution in [2.45, 2.75) is 30.4 Å². The van der Waals surface area contributed by atoms with Gasteiger partial charge in [0, 0.05) is 22.2 Å². The molecule has 0 saturated carbocycles. The van der Waals surface area contributed by atoms with E-state index in [-0.39, 0.29) is 5.91 Å². The van der Waals surface area contributed by atoms with Gasteiger partial charge < -0.3 is 4.52 Å². The van der Waals surface area contributed by atoms with Crippen LogP contribution in [-0.4, -0.2) is 21.3 Å². The molecule has 3 aromatic rings. The monoisotopic (exact) mass is 428 g/mol. The summed E-state index contributed by atoms with van der Waals surface area (Å²) < 4.78 is 5.85. The topological polar surface area (TPSA) is 80.9 Å². The van der Waals surface area contributed by atoms with Gasteiger partial charge in [0.05, 0.1) is 5.69 Å². The highest BCUT2D eigenvalue weighted by molar-refractivity contribution is 8.00. The normalized spacial score (nSPS) is 10.9. The molecule has 6 nitrogen and oxygen atoms in total. The molecule has 0 atom stereocenters. The van der Waals surface area contributed by atoms with Gasteiger partial charge in [0.15, 0.2) is 4.34 Å². The van der Waals surface area contributed by atoms with Crippen molar-refractivity contribution in [2.75, 3.05) is 5.32 Å². The Bertz CT molecular complexity index is 922. The molecule has 0 bridgehead atoms. The minimum absolute atomic E-state index is 0.303. The average Bonchev–Trinajstić information content (AvgIpc) is 3.20. The first-order chi connectivity index (χ1) is 12.5. The molecule has 0 aliphatic rings. The van der Waals surface area contributed by atoms with E-state index in [2.05, 4.69) is 20.7 Å². The third-order valence-corrected chi connectivity index (χ3v) is 6.22. The summed E-state index contributed by atoms with van der Waals surface area (Å²) >= 11 is 15.1. The Morgan fingerprint density at radius 2 is 2.04 bits per heavy atom. The molecule has 26 heavy (non-hydrogen) atoms. The van der Waals surface area contributed by atoms with Gasteiger partial charge in [-0.2, -0.15) is 0 Å². The Balaban J connectivity index is 1.66. The van der Waals surface area contributed by atoms with Gasteiger partial charge in [-0.15, -0.1) is 10.2 Å². The number of hydrogen-bond donors (Lipinski definition) is 1. The van der Waals surface area contributed by atoms with E-state index in [0.29, 0.717) is 48.7 Å². The Morgan fingerprint density at radius 3 is 2.73 bits per heavy atom. The van der Waals surface area contributed by atoms with Gasteiger partial charge in [-0.05, 0) is 24.6 Å². The zero-order valence-corrected chi connectivity index (χ0v) is 17.0. The lowest BCUT2D eigenvalue weighted by Gasteiger charge is -2.04. The Morgan fingerprint density at radius 1 is 1.31 bits per heavy atom. The van der Waals surface area contributed by atoms with Crippen LogP contribution >= 0.6 is 46.3 Å². The summed E-state index contributed by atoms with van der Waals surface area (Å²) in [7, 11) is 0. The predicted octanol–water partition coefficient (Wildman–Crippen LogP) is 5.25. The van der Waals surface area contributed by atoms with Crippen LogP contribution in [0.5, 0.6) is 0 Å². The minimum Gasteiger partial charge on any atom is -0.360 e. The number of anilines is 1. The first-order valence-corrected chi connectivity index (χ1v) is 10.2. The molecule has 2 aromatic heterocycles. The number of rotatable bonds is 6. The maximum Gasteiger partial charge on any atom is 0.263 e. The summed E-state index contributed by atoms with van der Waals surface area (Å²) in [5.74, 6) is 0.807. The van der Waals surface area contributed by atoms with E-state index in [1.807, 2.05) is 6.92 Å². The Labute approximate surface area is 168 Å². The molecule has 0 unspecified atom stereocenters. The lowest BCUT2D eigenvalue weighted by atomic mass is 10.1. The summed E-state index contributed by atoms with van der Waals surface area (Å²) in [6.07, 6.45) is 0.583. The van der Waals surface area contributed by atoms with Crippen LogP contribution in [0.3, 0.4) is 0 Å². The van der Waals surface area contributed by atoms with Crippen LogP contribution in [0.25, 0.3) is 0 Å². The molecule has 1 N–H and O–H groups in total. The number of amides is 1. The number of halogens is 2. The van der Waals surface area contributed by atoms with Crippen molar-refractivity contribution < 1.29 is 9.32 Å². The summed E-state index contributed by atoms with van der Waals surface area (Å²) in [6.45, 7) is 3.63. The smallest absolute Gasteiger partial charge is 0.263 e. The molecule has 0 aliphatic carbocycles. The minimum atomic E-state index is -0.303. The van der Waals surface area contributed by atoms with Crippen molar-refractivity contribution in [2.24, 2.45) is 0 Å². The summed E-state index contributed by atoms with van der Waals surface area (Å²) in [6, 6.07) is 5.39. The van der Waals surface area contributed by atoms with E-state index in [1.54, 1.807) is 25.1 Å². The van der Waals surface area contributed by atoms with E-state index in [4.69, 9.17) is 27.7 Å². The SMILES string of the molecule is CCc1onc(C)c1C(=O)Nc1nnc(SCc2c(Cl)cccc2Cl)s1. The fourth-order valence-electron chi connectivity index (χ4n) is 2.23. The highest BCUT2D eigenvalue weighted by Gasteiger charge is 2.20. The van der Waals surface area contributed by atoms with E-state index >= 15 is 0 Å². The van der Waals surface area contributed by atoms with E-state index < -0.39 is 0 Å². The first kappa shape index (κ1) is 19.2. The molecule has 0 saturated heterocycles. The second-order valence-corrected chi connectivity index (χ2v) is 8.25. The number of nitrogens with zero attached hydrogens (tertiary/aromatic N) is 3. The van der Waals surface area contributed by atoms with E-state index in [0.717, 1.165) is 5.56 Å². The number of nitrogens with one attached hydrogen (secondary N) is 1. The molecule has 3 rings (SSSR count). The summed E-state index contributed by atoms with van der Waals surface area (Å²) in [4.78, 5) is 12.4. The number of aryl methyl sites for hydroxylation is 2. The number of carbonyl (C=O) groups excluding carboxylic acids is 1. The van der Waals surface area contributed by atoms with Crippen molar-refractivity contribution in [1.29, 1.82) is 0 Å². The number of thioether (sulfide) groups is 1. The van der Waals surface area contributed by atoms with Gasteiger partial charge in [-0.25, -0.2) is 0 Å². The molecule has 0 aliphatic heterocycles. The maximum atomic E-state index is 12.4.